The molecule has 5 atom stereocenters. The number of aromatic nitrogens is 2. The van der Waals surface area contributed by atoms with Gasteiger partial charge >= 0.3 is 6.09 Å². The van der Waals surface area contributed by atoms with Crippen molar-refractivity contribution in [3.8, 4) is 17.2 Å². The smallest absolute Gasteiger partial charge is 0.410 e. The molecule has 5 fully saturated rings. The molecular weight excluding hydrogens is 718 g/mol. The van der Waals surface area contributed by atoms with E-state index in [1.807, 2.05) is 38.7 Å². The summed E-state index contributed by atoms with van der Waals surface area (Å²) in [6.07, 6.45) is 2.88. The van der Waals surface area contributed by atoms with Gasteiger partial charge in [0, 0.05) is 69.5 Å². The van der Waals surface area contributed by atoms with Crippen LogP contribution in [0.3, 0.4) is 0 Å². The van der Waals surface area contributed by atoms with E-state index in [2.05, 4.69) is 26.7 Å². The molecule has 5 heterocycles. The number of nitrogens with zero attached hydrogens (tertiary/aromatic N) is 8. The largest absolute Gasteiger partial charge is 0.444 e. The minimum absolute atomic E-state index is 0.0435. The third kappa shape index (κ3) is 5.94. The zero-order valence-electron chi connectivity index (χ0n) is 29.9. The average molecular weight is 758 g/mol. The molecule has 0 spiro atoms. The van der Waals surface area contributed by atoms with Crippen molar-refractivity contribution in [1.29, 1.82) is 5.26 Å². The lowest BCUT2D eigenvalue weighted by atomic mass is 9.79. The number of ether oxygens (including phenoxy) is 1. The molecule has 2 bridgehead atoms. The highest BCUT2D eigenvalue weighted by Crippen LogP contribution is 2.54. The lowest BCUT2D eigenvalue weighted by Gasteiger charge is -2.40. The van der Waals surface area contributed by atoms with Gasteiger partial charge in [-0.2, -0.15) is 5.26 Å². The van der Waals surface area contributed by atoms with Gasteiger partial charge in [-0.3, -0.25) is 4.79 Å². The van der Waals surface area contributed by atoms with E-state index >= 15 is 4.39 Å². The lowest BCUT2D eigenvalue weighted by Crippen LogP contribution is -2.45. The maximum absolute atomic E-state index is 17.3. The SMILES string of the molecule is Cc1nc2c(F)c(-c3cccc(Cl)c3Cl)c(CCC#N)cc2c2c1cc([C@H]1C[C@H](N=[N+]=[N-])CN1C(=O)C1CC1)n2[C@H]1[C@@H]2C[C@H]1N(C(=O)OC(C)(C)C)C2. The zero-order chi connectivity index (χ0) is 37.5. The zero-order valence-corrected chi connectivity index (χ0v) is 31.5. The van der Waals surface area contributed by atoms with E-state index in [9.17, 15) is 20.4 Å². The van der Waals surface area contributed by atoms with Crippen molar-refractivity contribution in [2.75, 3.05) is 13.1 Å². The van der Waals surface area contributed by atoms with Gasteiger partial charge in [0.2, 0.25) is 5.91 Å². The summed E-state index contributed by atoms with van der Waals surface area (Å²) in [7, 11) is 0. The third-order valence-corrected chi connectivity index (χ3v) is 12.1. The normalized spacial score (nSPS) is 23.6. The molecular formula is C39H39Cl2FN8O3. The highest BCUT2D eigenvalue weighted by Gasteiger charge is 2.57. The second-order valence-electron chi connectivity index (χ2n) is 15.8. The maximum atomic E-state index is 17.3. The Kier molecular flexibility index (Phi) is 8.75. The number of fused-ring (bicyclic) bond motifs is 4. The fraction of sp³-hybridized carbons (Fsp3) is 0.487. The molecule has 2 amide bonds. The van der Waals surface area contributed by atoms with Gasteiger partial charge in [-0.25, -0.2) is 14.2 Å². The number of nitriles is 1. The Hall–Kier alpha value is -4.56. The van der Waals surface area contributed by atoms with Gasteiger partial charge in [0.15, 0.2) is 5.82 Å². The summed E-state index contributed by atoms with van der Waals surface area (Å²) < 4.78 is 25.3. The summed E-state index contributed by atoms with van der Waals surface area (Å²) in [6.45, 7) is 8.19. The second-order valence-corrected chi connectivity index (χ2v) is 16.6. The number of carbonyl (C=O) groups excluding carboxylic acids is 2. The number of halogens is 3. The first kappa shape index (κ1) is 35.5. The van der Waals surface area contributed by atoms with Crippen molar-refractivity contribution in [2.45, 2.75) is 96.0 Å². The molecule has 2 aromatic carbocycles. The van der Waals surface area contributed by atoms with E-state index < -0.39 is 23.5 Å². The summed E-state index contributed by atoms with van der Waals surface area (Å²) in [5, 5.41) is 15.5. The second kappa shape index (κ2) is 13.1. The van der Waals surface area contributed by atoms with Crippen molar-refractivity contribution in [2.24, 2.45) is 17.0 Å². The topological polar surface area (TPSA) is 140 Å². The first-order chi connectivity index (χ1) is 25.3. The Balaban J connectivity index is 1.39. The molecule has 3 saturated heterocycles. The van der Waals surface area contributed by atoms with E-state index in [1.54, 1.807) is 23.1 Å². The summed E-state index contributed by atoms with van der Waals surface area (Å²) in [5.41, 5.74) is 12.3. The van der Waals surface area contributed by atoms with Gasteiger partial charge in [-0.05, 0) is 89.1 Å². The number of aryl methyl sites for hydroxylation is 2. The molecule has 11 nitrogen and oxygen atoms in total. The number of hydrogen-bond acceptors (Lipinski definition) is 6. The van der Waals surface area contributed by atoms with E-state index in [1.165, 1.54) is 0 Å². The maximum Gasteiger partial charge on any atom is 0.410 e. The fourth-order valence-electron chi connectivity index (χ4n) is 8.82. The first-order valence-corrected chi connectivity index (χ1v) is 18.9. The highest BCUT2D eigenvalue weighted by molar-refractivity contribution is 6.43. The molecule has 2 saturated carbocycles. The van der Waals surface area contributed by atoms with Crippen molar-refractivity contribution >= 4 is 57.0 Å². The third-order valence-electron chi connectivity index (χ3n) is 11.3. The van der Waals surface area contributed by atoms with E-state index in [0.717, 1.165) is 35.9 Å². The number of carbonyl (C=O) groups is 2. The van der Waals surface area contributed by atoms with Crippen LogP contribution in [0.15, 0.2) is 35.4 Å². The van der Waals surface area contributed by atoms with Crippen LogP contribution >= 0.6 is 23.2 Å². The Labute approximate surface area is 316 Å². The van der Waals surface area contributed by atoms with Crippen LogP contribution in [0.1, 0.15) is 81.9 Å². The number of likely N-dealkylation sites (tertiary alicyclic amines) is 1. The van der Waals surface area contributed by atoms with Crippen LogP contribution in [0, 0.1) is 35.9 Å². The molecule has 5 aliphatic rings. The molecule has 0 N–H and O–H groups in total. The molecule has 2 aliphatic carbocycles. The van der Waals surface area contributed by atoms with Gasteiger partial charge in [-0.15, -0.1) is 0 Å². The van der Waals surface area contributed by atoms with Gasteiger partial charge in [0.25, 0.3) is 0 Å². The lowest BCUT2D eigenvalue weighted by molar-refractivity contribution is -0.133. The van der Waals surface area contributed by atoms with Crippen LogP contribution in [0.4, 0.5) is 9.18 Å². The fourth-order valence-corrected chi connectivity index (χ4v) is 9.22. The highest BCUT2D eigenvalue weighted by atomic mass is 35.5. The molecule has 4 aromatic rings. The van der Waals surface area contributed by atoms with Crippen molar-refractivity contribution in [1.82, 2.24) is 19.4 Å². The first-order valence-electron chi connectivity index (χ1n) is 18.1. The summed E-state index contributed by atoms with van der Waals surface area (Å²) >= 11 is 13.1. The van der Waals surface area contributed by atoms with Crippen LogP contribution in [0.2, 0.25) is 10.0 Å². The molecule has 53 heavy (non-hydrogen) atoms. The van der Waals surface area contributed by atoms with Gasteiger partial charge in [0.1, 0.15) is 11.1 Å². The Bertz CT molecular complexity index is 2300. The molecule has 2 aromatic heterocycles. The number of azide groups is 1. The number of rotatable bonds is 7. The molecule has 9 rings (SSSR count). The Morgan fingerprint density at radius 1 is 1.15 bits per heavy atom. The van der Waals surface area contributed by atoms with E-state index in [-0.39, 0.29) is 69.9 Å². The predicted octanol–water partition coefficient (Wildman–Crippen LogP) is 9.61. The van der Waals surface area contributed by atoms with E-state index in [0.29, 0.717) is 41.7 Å². The summed E-state index contributed by atoms with van der Waals surface area (Å²) in [6, 6.07) is 10.0. The quantitative estimate of drug-likeness (QED) is 0.105. The average Bonchev–Trinajstić information content (AvgIpc) is 3.38. The molecule has 14 heteroatoms. The standard InChI is InChI=1S/C39H39Cl2FN8O3/c1-19-25-16-29(28-15-23(46-47-44)18-48(28)37(51)20-10-11-20)50(35-22-14-30(35)49(17-22)38(52)53-39(2,3)4)36(25)26-13-21(7-6-12-43)31(33(42)34(26)45-19)24-8-5-9-27(40)32(24)41/h5,8-9,13,16,20,22-23,28,30,35H,6-7,10-11,14-15,17-18H2,1-4H3/t22-,23+,28-,30-,35+/m1/s1. The van der Waals surface area contributed by atoms with Crippen molar-refractivity contribution < 1.29 is 18.7 Å². The van der Waals surface area contributed by atoms with Gasteiger partial charge in [-0.1, -0.05) is 40.4 Å². The minimum Gasteiger partial charge on any atom is -0.444 e. The number of pyridine rings is 1. The molecule has 274 valence electrons. The predicted molar refractivity (Wildman–Crippen MR) is 200 cm³/mol. The van der Waals surface area contributed by atoms with Crippen molar-refractivity contribution in [3.05, 3.63) is 73.6 Å². The van der Waals surface area contributed by atoms with Gasteiger partial charge < -0.3 is 19.1 Å². The molecule has 3 aliphatic heterocycles. The van der Waals surface area contributed by atoms with Gasteiger partial charge in [0.05, 0.1) is 45.8 Å². The summed E-state index contributed by atoms with van der Waals surface area (Å²) in [5.74, 6) is -0.497. The Morgan fingerprint density at radius 2 is 1.92 bits per heavy atom. The molecule has 0 radical (unpaired) electrons. The number of benzene rings is 2. The van der Waals surface area contributed by atoms with Crippen LogP contribution in [0.25, 0.3) is 43.4 Å². The summed E-state index contributed by atoms with van der Waals surface area (Å²) in [4.78, 5) is 39.0. The van der Waals surface area contributed by atoms with Crippen LogP contribution in [0.5, 0.6) is 0 Å². The molecule has 0 unspecified atom stereocenters. The number of amides is 2. The van der Waals surface area contributed by atoms with E-state index in [4.69, 9.17) is 32.9 Å². The van der Waals surface area contributed by atoms with Crippen molar-refractivity contribution in [3.63, 3.8) is 0 Å². The monoisotopic (exact) mass is 756 g/mol. The number of hydrogen-bond donors (Lipinski definition) is 0. The van der Waals surface area contributed by atoms with Crippen LogP contribution < -0.4 is 0 Å². The Morgan fingerprint density at radius 3 is 2.62 bits per heavy atom. The minimum atomic E-state index is -0.672. The van der Waals surface area contributed by atoms with Crippen LogP contribution in [-0.2, 0) is 16.0 Å². The van der Waals surface area contributed by atoms with Crippen LogP contribution in [-0.4, -0.2) is 62.1 Å².